The largest absolute Gasteiger partial charge is 0.481 e. The molecule has 0 heterocycles. The number of hydrogen-bond donors (Lipinski definition) is 9. The van der Waals surface area contributed by atoms with Gasteiger partial charge < -0.3 is 42.3 Å². The molecule has 0 aromatic heterocycles. The van der Waals surface area contributed by atoms with Crippen LogP contribution in [0.4, 0.5) is 0 Å². The molecular weight excluding hydrogens is 640 g/mol. The maximum Gasteiger partial charge on any atom is 0.326 e. The molecule has 47 heavy (non-hydrogen) atoms. The van der Waals surface area contributed by atoms with Gasteiger partial charge in [-0.25, -0.2) is 9.52 Å². The fourth-order valence-corrected chi connectivity index (χ4v) is 4.63. The number of benzene rings is 1. The topological polar surface area (TPSA) is 283 Å². The first kappa shape index (κ1) is 40.5. The summed E-state index contributed by atoms with van der Waals surface area (Å²) in [5.74, 6) is -7.42. The van der Waals surface area contributed by atoms with Crippen LogP contribution in [0.3, 0.4) is 0 Å². The van der Waals surface area contributed by atoms with Crippen LogP contribution in [0, 0.1) is 5.92 Å². The maximum absolute atomic E-state index is 13.1. The lowest BCUT2D eigenvalue weighted by Crippen LogP contribution is -2.58. The summed E-state index contributed by atoms with van der Waals surface area (Å²) in [5, 5.41) is 36.3. The highest BCUT2D eigenvalue weighted by molar-refractivity contribution is 8.12. The normalized spacial score (nSPS) is 14.8. The summed E-state index contributed by atoms with van der Waals surface area (Å²) in [5.41, 5.74) is 6.14. The van der Waals surface area contributed by atoms with E-state index < -0.39 is 95.7 Å². The Morgan fingerprint density at radius 3 is 1.68 bits per heavy atom. The molecule has 0 aliphatic heterocycles. The van der Waals surface area contributed by atoms with Gasteiger partial charge in [0.25, 0.3) is 0 Å². The molecule has 0 saturated heterocycles. The molecule has 6 atom stereocenters. The van der Waals surface area contributed by atoms with Crippen LogP contribution in [0.1, 0.15) is 52.5 Å². The minimum Gasteiger partial charge on any atom is -0.481 e. The highest BCUT2D eigenvalue weighted by Crippen LogP contribution is 2.09. The maximum atomic E-state index is 13.1. The van der Waals surface area contributed by atoms with Crippen molar-refractivity contribution in [3.05, 3.63) is 35.9 Å². The number of rotatable bonds is 20. The lowest BCUT2D eigenvalue weighted by atomic mass is 10.0. The van der Waals surface area contributed by atoms with Gasteiger partial charge in [0.05, 0.1) is 18.9 Å². The third kappa shape index (κ3) is 15.5. The number of carbonyl (C=O) groups excluding carboxylic acids is 5. The predicted octanol–water partition coefficient (Wildman–Crippen LogP) is -1.25. The van der Waals surface area contributed by atoms with Crippen molar-refractivity contribution < 1.29 is 53.7 Å². The summed E-state index contributed by atoms with van der Waals surface area (Å²) in [6, 6.07) is 0.747. The third-order valence-electron chi connectivity index (χ3n) is 6.44. The van der Waals surface area contributed by atoms with Crippen LogP contribution in [0.2, 0.25) is 0 Å². The van der Waals surface area contributed by atoms with Crippen molar-refractivity contribution in [2.45, 2.75) is 89.6 Å². The Morgan fingerprint density at radius 1 is 0.681 bits per heavy atom. The van der Waals surface area contributed by atoms with E-state index in [-0.39, 0.29) is 30.7 Å². The number of carboxylic acid groups (broad SMARTS) is 3. The van der Waals surface area contributed by atoms with E-state index in [0.717, 1.165) is 0 Å². The summed E-state index contributed by atoms with van der Waals surface area (Å²) in [6.45, 7) is 6.16. The molecule has 0 aliphatic carbocycles. The second-order valence-electron chi connectivity index (χ2n) is 11.1. The highest BCUT2D eigenvalue weighted by atomic mass is 32.2. The Kier molecular flexibility index (Phi) is 17.1. The van der Waals surface area contributed by atoms with Gasteiger partial charge >= 0.3 is 17.9 Å². The summed E-state index contributed by atoms with van der Waals surface area (Å²) >= 11 is 0.251. The first-order valence-electron chi connectivity index (χ1n) is 14.5. The van der Waals surface area contributed by atoms with Gasteiger partial charge in [-0.2, -0.15) is 0 Å². The van der Waals surface area contributed by atoms with Crippen molar-refractivity contribution in [3.63, 3.8) is 0 Å². The summed E-state index contributed by atoms with van der Waals surface area (Å²) < 4.78 is 2.32. The molecule has 1 aromatic carbocycles. The van der Waals surface area contributed by atoms with E-state index in [1.54, 1.807) is 44.2 Å². The smallest absolute Gasteiger partial charge is 0.326 e. The summed E-state index contributed by atoms with van der Waals surface area (Å²) in [4.78, 5) is 97.5. The van der Waals surface area contributed by atoms with E-state index in [4.69, 9.17) is 15.9 Å². The number of nitrogens with two attached hydrogens (primary N) is 1. The second kappa shape index (κ2) is 19.9. The summed E-state index contributed by atoms with van der Waals surface area (Å²) in [7, 11) is 0. The van der Waals surface area contributed by atoms with Gasteiger partial charge in [0.1, 0.15) is 30.2 Å². The predicted molar refractivity (Wildman–Crippen MR) is 168 cm³/mol. The molecule has 1 aromatic rings. The Labute approximate surface area is 275 Å². The molecule has 0 unspecified atom stereocenters. The number of carboxylic acids is 3. The van der Waals surface area contributed by atoms with Crippen LogP contribution in [0.5, 0.6) is 0 Å². The lowest BCUT2D eigenvalue weighted by molar-refractivity contribution is -0.143. The second-order valence-corrected chi connectivity index (χ2v) is 12.0. The zero-order valence-electron chi connectivity index (χ0n) is 26.3. The number of carbonyl (C=O) groups is 8. The first-order valence-corrected chi connectivity index (χ1v) is 15.4. The molecule has 1 rings (SSSR count). The van der Waals surface area contributed by atoms with Crippen LogP contribution in [0.15, 0.2) is 30.3 Å². The van der Waals surface area contributed by atoms with E-state index in [1.807, 2.05) is 0 Å². The van der Waals surface area contributed by atoms with Crippen molar-refractivity contribution in [2.24, 2.45) is 11.7 Å². The zero-order valence-corrected chi connectivity index (χ0v) is 27.2. The molecule has 4 amide bonds. The molecule has 0 saturated carbocycles. The minimum atomic E-state index is -1.53. The van der Waals surface area contributed by atoms with Crippen molar-refractivity contribution in [2.75, 3.05) is 0 Å². The third-order valence-corrected chi connectivity index (χ3v) is 7.34. The van der Waals surface area contributed by atoms with Gasteiger partial charge in [0.15, 0.2) is 0 Å². The van der Waals surface area contributed by atoms with Gasteiger partial charge in [0.2, 0.25) is 28.7 Å². The van der Waals surface area contributed by atoms with Crippen LogP contribution < -0.4 is 31.7 Å². The lowest BCUT2D eigenvalue weighted by Gasteiger charge is -2.25. The molecule has 0 fully saturated rings. The number of aliphatic carboxylic acids is 3. The molecule has 0 radical (unpaired) electrons. The molecular formula is C29H42N6O11S. The van der Waals surface area contributed by atoms with Crippen molar-refractivity contribution in [3.8, 4) is 0 Å². The van der Waals surface area contributed by atoms with Gasteiger partial charge in [-0.3, -0.25) is 33.6 Å². The van der Waals surface area contributed by atoms with Crippen LogP contribution >= 0.6 is 11.9 Å². The first-order chi connectivity index (χ1) is 21.9. The molecule has 17 nitrogen and oxygen atoms in total. The average Bonchev–Trinajstić information content (AvgIpc) is 2.97. The Hall–Kier alpha value is -4.55. The minimum absolute atomic E-state index is 0.0131. The highest BCUT2D eigenvalue weighted by Gasteiger charge is 2.31. The average molecular weight is 683 g/mol. The number of amides is 4. The van der Waals surface area contributed by atoms with E-state index in [9.17, 15) is 43.5 Å². The van der Waals surface area contributed by atoms with Crippen molar-refractivity contribution >= 4 is 58.6 Å². The molecule has 0 spiro atoms. The Bertz CT molecular complexity index is 1300. The van der Waals surface area contributed by atoms with Crippen LogP contribution in [0.25, 0.3) is 0 Å². The summed E-state index contributed by atoms with van der Waals surface area (Å²) in [6.07, 6.45) is -1.33. The molecule has 0 bridgehead atoms. The van der Waals surface area contributed by atoms with E-state index in [1.165, 1.54) is 13.8 Å². The zero-order chi connectivity index (χ0) is 35.8. The van der Waals surface area contributed by atoms with Crippen molar-refractivity contribution in [1.29, 1.82) is 0 Å². The molecule has 260 valence electrons. The van der Waals surface area contributed by atoms with E-state index >= 15 is 0 Å². The SMILES string of the molecule is CC(C)C[C@H](NC(=O)[C@H](Cc1ccccc1)NC(=O)[C@H](C)NC(=O)[C@H](C)NC(=O)[C@H](CC(=O)O)NSC(=O)[C@@H](N)CC(=O)O)C(=O)O. The molecule has 0 aliphatic rings. The number of nitrogens with one attached hydrogen (secondary N) is 5. The van der Waals surface area contributed by atoms with Crippen LogP contribution in [-0.2, 0) is 44.8 Å². The standard InChI is InChI=1S/C29H42N6O11S/c1-14(2)10-21(28(44)45)34-26(42)19(11-17-8-6-5-7-9-17)33-25(41)16(4)31-24(40)15(3)32-27(43)20(13-23(38)39)35-47-29(46)18(30)12-22(36)37/h5-9,14-16,18-21,35H,10-13,30H2,1-4H3,(H,31,40)(H,32,43)(H,33,41)(H,34,42)(H,36,37)(H,38,39)(H,44,45)/t15-,16-,18-,19-,20-,21-/m0/s1. The van der Waals surface area contributed by atoms with Gasteiger partial charge in [-0.05, 0) is 43.7 Å². The van der Waals surface area contributed by atoms with Gasteiger partial charge in [0, 0.05) is 6.42 Å². The Balaban J connectivity index is 2.91. The quantitative estimate of drug-likeness (QED) is 0.0727. The fourth-order valence-electron chi connectivity index (χ4n) is 3.94. The monoisotopic (exact) mass is 682 g/mol. The number of hydrogen-bond acceptors (Lipinski definition) is 11. The van der Waals surface area contributed by atoms with Gasteiger partial charge in [-0.15, -0.1) is 0 Å². The van der Waals surface area contributed by atoms with Crippen molar-refractivity contribution in [1.82, 2.24) is 26.0 Å². The van der Waals surface area contributed by atoms with E-state index in [0.29, 0.717) is 5.56 Å². The van der Waals surface area contributed by atoms with Crippen LogP contribution in [-0.4, -0.2) is 98.2 Å². The van der Waals surface area contributed by atoms with E-state index in [2.05, 4.69) is 26.0 Å². The molecule has 18 heteroatoms. The molecule has 10 N–H and O–H groups in total. The van der Waals surface area contributed by atoms with Gasteiger partial charge in [-0.1, -0.05) is 44.2 Å². The fraction of sp³-hybridized carbons (Fsp3) is 0.517. The Morgan fingerprint density at radius 2 is 1.17 bits per heavy atom.